The van der Waals surface area contributed by atoms with Gasteiger partial charge in [0.25, 0.3) is 0 Å². The van der Waals surface area contributed by atoms with E-state index in [1.165, 1.54) is 12.1 Å². The second kappa shape index (κ2) is 7.66. The van der Waals surface area contributed by atoms with E-state index in [9.17, 15) is 13.2 Å². The fourth-order valence-corrected chi connectivity index (χ4v) is 2.38. The molecule has 0 aliphatic heterocycles. The van der Waals surface area contributed by atoms with Crippen molar-refractivity contribution in [3.8, 4) is 0 Å². The molecular weight excluding hydrogens is 345 g/mol. The van der Waals surface area contributed by atoms with Gasteiger partial charge in [-0.2, -0.15) is 13.2 Å². The molecule has 0 aliphatic rings. The molecule has 0 fully saturated rings. The van der Waals surface area contributed by atoms with Crippen LogP contribution in [-0.4, -0.2) is 11.7 Å². The first kappa shape index (κ1) is 17.6. The Labute approximate surface area is 142 Å². The summed E-state index contributed by atoms with van der Waals surface area (Å²) in [5, 5.41) is 5.62. The molecule has 2 aromatic carbocycles. The SMILES string of the molecule is FC(F)(F)c1cc(Cl)ccc1NC(=S)NCCc1ccccc1. The second-order valence-electron chi connectivity index (χ2n) is 4.80. The Hall–Kier alpha value is -1.79. The van der Waals surface area contributed by atoms with Crippen LogP contribution in [-0.2, 0) is 12.6 Å². The molecule has 0 heterocycles. The highest BCUT2D eigenvalue weighted by Crippen LogP contribution is 2.36. The number of anilines is 1. The first-order valence-electron chi connectivity index (χ1n) is 6.82. The number of nitrogens with one attached hydrogen (secondary N) is 2. The Morgan fingerprint density at radius 1 is 1.09 bits per heavy atom. The van der Waals surface area contributed by atoms with Gasteiger partial charge in [-0.1, -0.05) is 41.9 Å². The van der Waals surface area contributed by atoms with Crippen molar-refractivity contribution in [3.63, 3.8) is 0 Å². The molecule has 0 spiro atoms. The van der Waals surface area contributed by atoms with Gasteiger partial charge in [-0.25, -0.2) is 0 Å². The molecule has 0 amide bonds. The molecule has 122 valence electrons. The third-order valence-corrected chi connectivity index (χ3v) is 3.56. The lowest BCUT2D eigenvalue weighted by molar-refractivity contribution is -0.136. The zero-order valence-electron chi connectivity index (χ0n) is 12.0. The molecule has 0 bridgehead atoms. The Morgan fingerprint density at radius 2 is 1.78 bits per heavy atom. The predicted molar refractivity (Wildman–Crippen MR) is 90.8 cm³/mol. The summed E-state index contributed by atoms with van der Waals surface area (Å²) < 4.78 is 39.0. The van der Waals surface area contributed by atoms with Crippen LogP contribution in [0.1, 0.15) is 11.1 Å². The highest BCUT2D eigenvalue weighted by molar-refractivity contribution is 7.80. The highest BCUT2D eigenvalue weighted by Gasteiger charge is 2.34. The first-order chi connectivity index (χ1) is 10.9. The van der Waals surface area contributed by atoms with Crippen LogP contribution in [0.3, 0.4) is 0 Å². The van der Waals surface area contributed by atoms with E-state index >= 15 is 0 Å². The van der Waals surface area contributed by atoms with Crippen molar-refractivity contribution < 1.29 is 13.2 Å². The molecule has 2 aromatic rings. The molecule has 0 saturated heterocycles. The maximum absolute atomic E-state index is 13.0. The van der Waals surface area contributed by atoms with Gasteiger partial charge in [0.1, 0.15) is 0 Å². The maximum atomic E-state index is 13.0. The average molecular weight is 359 g/mol. The van der Waals surface area contributed by atoms with Gasteiger partial charge in [0.15, 0.2) is 5.11 Å². The van der Waals surface area contributed by atoms with Crippen LogP contribution >= 0.6 is 23.8 Å². The van der Waals surface area contributed by atoms with Crippen molar-refractivity contribution in [3.05, 3.63) is 64.7 Å². The van der Waals surface area contributed by atoms with E-state index in [4.69, 9.17) is 23.8 Å². The van der Waals surface area contributed by atoms with Gasteiger partial charge < -0.3 is 10.6 Å². The number of halogens is 4. The Morgan fingerprint density at radius 3 is 2.43 bits per heavy atom. The van der Waals surface area contributed by atoms with Gasteiger partial charge in [-0.15, -0.1) is 0 Å². The third kappa shape index (κ3) is 5.41. The molecule has 23 heavy (non-hydrogen) atoms. The normalized spacial score (nSPS) is 11.1. The van der Waals surface area contributed by atoms with Crippen LogP contribution in [0.15, 0.2) is 48.5 Å². The lowest BCUT2D eigenvalue weighted by atomic mass is 10.1. The molecule has 2 nitrogen and oxygen atoms in total. The second-order valence-corrected chi connectivity index (χ2v) is 5.65. The van der Waals surface area contributed by atoms with Crippen LogP contribution in [0.5, 0.6) is 0 Å². The smallest absolute Gasteiger partial charge is 0.362 e. The van der Waals surface area contributed by atoms with Crippen LogP contribution < -0.4 is 10.6 Å². The number of hydrogen-bond donors (Lipinski definition) is 2. The van der Waals surface area contributed by atoms with Crippen LogP contribution in [0.4, 0.5) is 18.9 Å². The van der Waals surface area contributed by atoms with Crippen molar-refractivity contribution in [1.29, 1.82) is 0 Å². The molecule has 7 heteroatoms. The number of thiocarbonyl (C=S) groups is 1. The Bertz CT molecular complexity index is 675. The molecule has 0 aromatic heterocycles. The molecular formula is C16H14ClF3N2S. The summed E-state index contributed by atoms with van der Waals surface area (Å²) in [5.74, 6) is 0. The van der Waals surface area contributed by atoms with Gasteiger partial charge in [0, 0.05) is 11.6 Å². The van der Waals surface area contributed by atoms with Crippen molar-refractivity contribution in [2.75, 3.05) is 11.9 Å². The summed E-state index contributed by atoms with van der Waals surface area (Å²) in [4.78, 5) is 0. The van der Waals surface area contributed by atoms with E-state index in [-0.39, 0.29) is 15.8 Å². The van der Waals surface area contributed by atoms with Crippen LogP contribution in [0.25, 0.3) is 0 Å². The summed E-state index contributed by atoms with van der Waals surface area (Å²) in [5.41, 5.74) is 0.140. The van der Waals surface area contributed by atoms with Gasteiger partial charge in [0.05, 0.1) is 11.3 Å². The summed E-state index contributed by atoms with van der Waals surface area (Å²) in [6, 6.07) is 13.2. The quantitative estimate of drug-likeness (QED) is 0.761. The van der Waals surface area contributed by atoms with Crippen LogP contribution in [0.2, 0.25) is 5.02 Å². The highest BCUT2D eigenvalue weighted by atomic mass is 35.5. The third-order valence-electron chi connectivity index (χ3n) is 3.08. The standard InChI is InChI=1S/C16H14ClF3N2S/c17-12-6-7-14(13(10-12)16(18,19)20)22-15(23)21-9-8-11-4-2-1-3-5-11/h1-7,10H,8-9H2,(H2,21,22,23). The minimum Gasteiger partial charge on any atom is -0.362 e. The Balaban J connectivity index is 1.95. The summed E-state index contributed by atoms with van der Waals surface area (Å²) >= 11 is 10.7. The molecule has 0 atom stereocenters. The summed E-state index contributed by atoms with van der Waals surface area (Å²) in [6.07, 6.45) is -3.79. The van der Waals surface area contributed by atoms with E-state index in [0.29, 0.717) is 6.54 Å². The number of alkyl halides is 3. The van der Waals surface area contributed by atoms with Gasteiger partial charge >= 0.3 is 6.18 Å². The minimum absolute atomic E-state index is 0.0193. The molecule has 0 saturated carbocycles. The van der Waals surface area contributed by atoms with E-state index in [1.54, 1.807) is 0 Å². The maximum Gasteiger partial charge on any atom is 0.418 e. The van der Waals surface area contributed by atoms with Crippen molar-refractivity contribution in [2.24, 2.45) is 0 Å². The fraction of sp³-hybridized carbons (Fsp3) is 0.188. The molecule has 0 unspecified atom stereocenters. The van der Waals surface area contributed by atoms with E-state index in [1.807, 2.05) is 30.3 Å². The predicted octanol–water partition coefficient (Wildman–Crippen LogP) is 4.89. The lowest BCUT2D eigenvalue weighted by Crippen LogP contribution is -2.31. The first-order valence-corrected chi connectivity index (χ1v) is 7.60. The molecule has 2 N–H and O–H groups in total. The molecule has 0 aliphatic carbocycles. The number of hydrogen-bond acceptors (Lipinski definition) is 1. The van der Waals surface area contributed by atoms with E-state index in [2.05, 4.69) is 10.6 Å². The van der Waals surface area contributed by atoms with Gasteiger partial charge in [-0.05, 0) is 42.4 Å². The zero-order chi connectivity index (χ0) is 16.9. The monoisotopic (exact) mass is 358 g/mol. The Kier molecular flexibility index (Phi) is 5.85. The number of benzene rings is 2. The van der Waals surface area contributed by atoms with E-state index in [0.717, 1.165) is 18.1 Å². The van der Waals surface area contributed by atoms with Crippen molar-refractivity contribution >= 4 is 34.6 Å². The van der Waals surface area contributed by atoms with Crippen molar-refractivity contribution in [2.45, 2.75) is 12.6 Å². The zero-order valence-corrected chi connectivity index (χ0v) is 13.5. The average Bonchev–Trinajstić information content (AvgIpc) is 2.49. The van der Waals surface area contributed by atoms with Crippen LogP contribution in [0, 0.1) is 0 Å². The molecule has 2 rings (SSSR count). The van der Waals surface area contributed by atoms with Gasteiger partial charge in [-0.3, -0.25) is 0 Å². The van der Waals surface area contributed by atoms with E-state index < -0.39 is 11.7 Å². The number of rotatable bonds is 4. The lowest BCUT2D eigenvalue weighted by Gasteiger charge is -2.16. The van der Waals surface area contributed by atoms with Gasteiger partial charge in [0.2, 0.25) is 0 Å². The largest absolute Gasteiger partial charge is 0.418 e. The summed E-state index contributed by atoms with van der Waals surface area (Å²) in [6.45, 7) is 0.519. The molecule has 0 radical (unpaired) electrons. The minimum atomic E-state index is -4.51. The topological polar surface area (TPSA) is 24.1 Å². The fourth-order valence-electron chi connectivity index (χ4n) is 1.99. The summed E-state index contributed by atoms with van der Waals surface area (Å²) in [7, 11) is 0. The van der Waals surface area contributed by atoms with Crippen molar-refractivity contribution in [1.82, 2.24) is 5.32 Å².